The molecule has 0 heterocycles. The van der Waals surface area contributed by atoms with Crippen LogP contribution in [0.1, 0.15) is 13.8 Å². The van der Waals surface area contributed by atoms with Gasteiger partial charge in [-0.2, -0.15) is 0 Å². The van der Waals surface area contributed by atoms with Gasteiger partial charge in [0, 0.05) is 7.05 Å². The minimum absolute atomic E-state index is 0.587. The summed E-state index contributed by atoms with van der Waals surface area (Å²) >= 11 is 0. The molecule has 0 aromatic heterocycles. The van der Waals surface area contributed by atoms with E-state index in [1.54, 1.807) is 0 Å². The highest BCUT2D eigenvalue weighted by molar-refractivity contribution is 4.82. The van der Waals surface area contributed by atoms with Gasteiger partial charge in [0.1, 0.15) is 0 Å². The van der Waals surface area contributed by atoms with E-state index in [0.717, 1.165) is 0 Å². The molecule has 54 valence electrons. The smallest absolute Gasteiger partial charge is 0.0648 e. The van der Waals surface area contributed by atoms with Gasteiger partial charge in [0.25, 0.3) is 0 Å². The van der Waals surface area contributed by atoms with Gasteiger partial charge in [0.05, 0.1) is 6.67 Å². The van der Waals surface area contributed by atoms with Crippen LogP contribution in [0.4, 0.5) is 0 Å². The molecule has 0 radical (unpaired) electrons. The summed E-state index contributed by atoms with van der Waals surface area (Å²) in [5, 5.41) is 0. The first-order chi connectivity index (χ1) is 4.16. The molecule has 0 atom stereocenters. The fraction of sp³-hybridized carbons (Fsp3) is 0.714. The fourth-order valence-electron chi connectivity index (χ4n) is 0.380. The van der Waals surface area contributed by atoms with E-state index in [4.69, 9.17) is 5.73 Å². The standard InChI is InChI=1S/C7H16N2/c1-7(2)4-5-9(3)6-8/h4-5,7H,6,8H2,1-3H3/b5-4-. The molecule has 0 saturated carbocycles. The van der Waals surface area contributed by atoms with E-state index in [-0.39, 0.29) is 0 Å². The van der Waals surface area contributed by atoms with Crippen molar-refractivity contribution in [2.24, 2.45) is 11.7 Å². The molecule has 0 aromatic rings. The van der Waals surface area contributed by atoms with Crippen molar-refractivity contribution in [1.29, 1.82) is 0 Å². The van der Waals surface area contributed by atoms with Crippen LogP contribution in [0.2, 0.25) is 0 Å². The Balaban J connectivity index is 3.43. The van der Waals surface area contributed by atoms with Gasteiger partial charge in [0.15, 0.2) is 0 Å². The Morgan fingerprint density at radius 3 is 2.44 bits per heavy atom. The quantitative estimate of drug-likeness (QED) is 0.575. The molecule has 0 saturated heterocycles. The number of allylic oxidation sites excluding steroid dienone is 1. The largest absolute Gasteiger partial charge is 0.368 e. The normalized spacial score (nSPS) is 11.2. The van der Waals surface area contributed by atoms with Crippen molar-refractivity contribution < 1.29 is 0 Å². The Labute approximate surface area is 57.3 Å². The van der Waals surface area contributed by atoms with E-state index in [2.05, 4.69) is 19.9 Å². The molecular formula is C7H16N2. The van der Waals surface area contributed by atoms with Gasteiger partial charge >= 0.3 is 0 Å². The van der Waals surface area contributed by atoms with Crippen molar-refractivity contribution in [1.82, 2.24) is 4.90 Å². The van der Waals surface area contributed by atoms with Crippen LogP contribution in [-0.2, 0) is 0 Å². The van der Waals surface area contributed by atoms with Crippen molar-refractivity contribution in [2.75, 3.05) is 13.7 Å². The molecule has 0 aliphatic rings. The Kier molecular flexibility index (Phi) is 4.14. The Morgan fingerprint density at radius 1 is 1.56 bits per heavy atom. The summed E-state index contributed by atoms with van der Waals surface area (Å²) in [6.07, 6.45) is 4.12. The maximum absolute atomic E-state index is 5.33. The van der Waals surface area contributed by atoms with Crippen molar-refractivity contribution >= 4 is 0 Å². The summed E-state index contributed by atoms with van der Waals surface area (Å²) < 4.78 is 0. The minimum atomic E-state index is 0.587. The van der Waals surface area contributed by atoms with E-state index in [1.807, 2.05) is 18.1 Å². The molecule has 2 N–H and O–H groups in total. The van der Waals surface area contributed by atoms with E-state index in [9.17, 15) is 0 Å². The third kappa shape index (κ3) is 5.37. The zero-order valence-corrected chi connectivity index (χ0v) is 6.46. The molecule has 0 aliphatic carbocycles. The zero-order chi connectivity index (χ0) is 7.28. The van der Waals surface area contributed by atoms with Crippen molar-refractivity contribution in [3.8, 4) is 0 Å². The molecule has 9 heavy (non-hydrogen) atoms. The lowest BCUT2D eigenvalue weighted by atomic mass is 10.2. The molecule has 0 bridgehead atoms. The molecule has 2 nitrogen and oxygen atoms in total. The van der Waals surface area contributed by atoms with Gasteiger partial charge < -0.3 is 10.6 Å². The predicted octanol–water partition coefficient (Wildman–Crippen LogP) is 1.00. The highest BCUT2D eigenvalue weighted by Crippen LogP contribution is 1.93. The second kappa shape index (κ2) is 4.39. The van der Waals surface area contributed by atoms with Gasteiger partial charge in [0.2, 0.25) is 0 Å². The van der Waals surface area contributed by atoms with E-state index in [0.29, 0.717) is 12.6 Å². The van der Waals surface area contributed by atoms with Crippen LogP contribution in [-0.4, -0.2) is 18.6 Å². The maximum Gasteiger partial charge on any atom is 0.0648 e. The molecular weight excluding hydrogens is 112 g/mol. The summed E-state index contributed by atoms with van der Waals surface area (Å²) in [5.41, 5.74) is 5.33. The first kappa shape index (κ1) is 8.50. The van der Waals surface area contributed by atoms with Crippen LogP contribution in [0.3, 0.4) is 0 Å². The lowest BCUT2D eigenvalue weighted by Gasteiger charge is -2.09. The third-order valence-electron chi connectivity index (χ3n) is 1.01. The van der Waals surface area contributed by atoms with E-state index >= 15 is 0 Å². The minimum Gasteiger partial charge on any atom is -0.368 e. The third-order valence-corrected chi connectivity index (χ3v) is 1.01. The number of rotatable bonds is 3. The molecule has 0 spiro atoms. The Bertz CT molecular complexity index is 86.9. The van der Waals surface area contributed by atoms with Gasteiger partial charge in [-0.3, -0.25) is 0 Å². The van der Waals surface area contributed by atoms with Gasteiger partial charge in [-0.05, 0) is 12.1 Å². The lowest BCUT2D eigenvalue weighted by molar-refractivity contribution is 0.467. The number of nitrogens with two attached hydrogens (primary N) is 1. The van der Waals surface area contributed by atoms with Crippen LogP contribution in [0.25, 0.3) is 0 Å². The highest BCUT2D eigenvalue weighted by atomic mass is 15.1. The highest BCUT2D eigenvalue weighted by Gasteiger charge is 1.85. The summed E-state index contributed by atoms with van der Waals surface area (Å²) in [7, 11) is 1.96. The molecule has 2 heteroatoms. The van der Waals surface area contributed by atoms with E-state index in [1.165, 1.54) is 0 Å². The molecule has 0 aliphatic heterocycles. The first-order valence-electron chi connectivity index (χ1n) is 3.25. The maximum atomic E-state index is 5.33. The molecule has 0 unspecified atom stereocenters. The molecule has 0 amide bonds. The lowest BCUT2D eigenvalue weighted by Crippen LogP contribution is -2.19. The zero-order valence-electron chi connectivity index (χ0n) is 6.46. The number of nitrogens with zero attached hydrogens (tertiary/aromatic N) is 1. The Hall–Kier alpha value is -0.500. The van der Waals surface area contributed by atoms with Crippen LogP contribution in [0.5, 0.6) is 0 Å². The second-order valence-electron chi connectivity index (χ2n) is 2.53. The van der Waals surface area contributed by atoms with Crippen molar-refractivity contribution in [3.63, 3.8) is 0 Å². The summed E-state index contributed by atoms with van der Waals surface area (Å²) in [6, 6.07) is 0. The summed E-state index contributed by atoms with van der Waals surface area (Å²) in [6.45, 7) is 4.87. The first-order valence-corrected chi connectivity index (χ1v) is 3.25. The van der Waals surface area contributed by atoms with Crippen LogP contribution in [0, 0.1) is 5.92 Å². The van der Waals surface area contributed by atoms with Crippen LogP contribution in [0.15, 0.2) is 12.3 Å². The van der Waals surface area contributed by atoms with Gasteiger partial charge in [-0.1, -0.05) is 19.9 Å². The Morgan fingerprint density at radius 2 is 2.11 bits per heavy atom. The second-order valence-corrected chi connectivity index (χ2v) is 2.53. The van der Waals surface area contributed by atoms with Crippen LogP contribution >= 0.6 is 0 Å². The van der Waals surface area contributed by atoms with Crippen molar-refractivity contribution in [2.45, 2.75) is 13.8 Å². The summed E-state index contributed by atoms with van der Waals surface area (Å²) in [5.74, 6) is 0.610. The molecule has 0 fully saturated rings. The van der Waals surface area contributed by atoms with Gasteiger partial charge in [-0.25, -0.2) is 0 Å². The van der Waals surface area contributed by atoms with Crippen LogP contribution < -0.4 is 5.73 Å². The van der Waals surface area contributed by atoms with Gasteiger partial charge in [-0.15, -0.1) is 0 Å². The van der Waals surface area contributed by atoms with Crippen molar-refractivity contribution in [3.05, 3.63) is 12.3 Å². The molecule has 0 aromatic carbocycles. The monoisotopic (exact) mass is 128 g/mol. The summed E-state index contributed by atoms with van der Waals surface area (Å²) in [4.78, 5) is 1.94. The van der Waals surface area contributed by atoms with E-state index < -0.39 is 0 Å². The average molecular weight is 128 g/mol. The predicted molar refractivity (Wildman–Crippen MR) is 40.8 cm³/mol. The topological polar surface area (TPSA) is 29.3 Å². The number of hydrogen-bond donors (Lipinski definition) is 1. The number of hydrogen-bond acceptors (Lipinski definition) is 2. The average Bonchev–Trinajstić information content (AvgIpc) is 1.83. The fourth-order valence-corrected chi connectivity index (χ4v) is 0.380. The SMILES string of the molecule is CC(C)/C=C\N(C)CN. The molecule has 0 rings (SSSR count).